The van der Waals surface area contributed by atoms with Gasteiger partial charge >= 0.3 is 0 Å². The van der Waals surface area contributed by atoms with Gasteiger partial charge in [0.15, 0.2) is 0 Å². The first kappa shape index (κ1) is 11.2. The van der Waals surface area contributed by atoms with Gasteiger partial charge in [-0.1, -0.05) is 23.7 Å². The van der Waals surface area contributed by atoms with Crippen molar-refractivity contribution in [3.05, 3.63) is 34.9 Å². The van der Waals surface area contributed by atoms with Crippen LogP contribution in [-0.4, -0.2) is 9.46 Å². The molecule has 0 heterocycles. The Morgan fingerprint density at radius 1 is 1.50 bits per heavy atom. The first-order valence-corrected chi connectivity index (χ1v) is 5.90. The van der Waals surface area contributed by atoms with Crippen LogP contribution in [0.25, 0.3) is 0 Å². The predicted molar refractivity (Wildman–Crippen MR) is 58.4 cm³/mol. The fourth-order valence-corrected chi connectivity index (χ4v) is 1.94. The molecule has 0 saturated heterocycles. The van der Waals surface area contributed by atoms with Crippen molar-refractivity contribution in [2.45, 2.75) is 17.9 Å². The molecule has 1 rings (SSSR count). The van der Waals surface area contributed by atoms with Gasteiger partial charge in [-0.2, -0.15) is 5.26 Å². The molecule has 0 aromatic heterocycles. The molecule has 2 atom stereocenters. The van der Waals surface area contributed by atoms with Crippen molar-refractivity contribution in [1.82, 2.24) is 0 Å². The number of hydrogen-bond acceptors (Lipinski definition) is 2. The molecule has 0 bridgehead atoms. The lowest BCUT2D eigenvalue weighted by Gasteiger charge is -2.03. The van der Waals surface area contributed by atoms with E-state index in [-0.39, 0.29) is 0 Å². The lowest BCUT2D eigenvalue weighted by molar-refractivity contribution is 0.679. The number of rotatable bonds is 3. The summed E-state index contributed by atoms with van der Waals surface area (Å²) in [5.41, 5.74) is 0.940. The van der Waals surface area contributed by atoms with Crippen LogP contribution in [0.2, 0.25) is 5.02 Å². The average molecular weight is 228 g/mol. The van der Waals surface area contributed by atoms with E-state index in [1.54, 1.807) is 19.1 Å². The Hall–Kier alpha value is -0.850. The highest BCUT2D eigenvalue weighted by Gasteiger charge is 2.09. The van der Waals surface area contributed by atoms with Crippen LogP contribution in [0.15, 0.2) is 24.3 Å². The van der Waals surface area contributed by atoms with Gasteiger partial charge in [-0.25, -0.2) is 0 Å². The molecule has 0 aliphatic carbocycles. The molecule has 0 fully saturated rings. The molecular weight excluding hydrogens is 218 g/mol. The minimum atomic E-state index is -1.13. The molecule has 0 aliphatic rings. The van der Waals surface area contributed by atoms with Gasteiger partial charge < -0.3 is 0 Å². The van der Waals surface area contributed by atoms with Crippen molar-refractivity contribution in [2.24, 2.45) is 0 Å². The molecule has 2 unspecified atom stereocenters. The zero-order valence-electron chi connectivity index (χ0n) is 7.74. The van der Waals surface area contributed by atoms with Crippen LogP contribution in [0.4, 0.5) is 0 Å². The van der Waals surface area contributed by atoms with E-state index in [2.05, 4.69) is 0 Å². The van der Waals surface area contributed by atoms with Gasteiger partial charge in [-0.15, -0.1) is 0 Å². The van der Waals surface area contributed by atoms with Crippen molar-refractivity contribution in [3.63, 3.8) is 0 Å². The van der Waals surface area contributed by atoms with Crippen LogP contribution in [0.3, 0.4) is 0 Å². The number of nitrogens with zero attached hydrogens (tertiary/aromatic N) is 1. The molecule has 0 radical (unpaired) electrons. The molecule has 4 heteroatoms. The lowest BCUT2D eigenvalue weighted by Crippen LogP contribution is -2.09. The van der Waals surface area contributed by atoms with Gasteiger partial charge in [0.2, 0.25) is 0 Å². The summed E-state index contributed by atoms with van der Waals surface area (Å²) in [6.45, 7) is 1.66. The van der Waals surface area contributed by atoms with Crippen LogP contribution in [0.1, 0.15) is 12.5 Å². The van der Waals surface area contributed by atoms with E-state index in [0.29, 0.717) is 10.8 Å². The molecule has 0 saturated carbocycles. The van der Waals surface area contributed by atoms with E-state index < -0.39 is 16.0 Å². The van der Waals surface area contributed by atoms with Crippen molar-refractivity contribution in [2.75, 3.05) is 0 Å². The fourth-order valence-electron chi connectivity index (χ4n) is 0.929. The summed E-state index contributed by atoms with van der Waals surface area (Å²) >= 11 is 5.71. The average Bonchev–Trinajstić information content (AvgIpc) is 2.20. The third-order valence-electron chi connectivity index (χ3n) is 1.80. The van der Waals surface area contributed by atoms with E-state index >= 15 is 0 Å². The smallest absolute Gasteiger partial charge is 0.119 e. The van der Waals surface area contributed by atoms with Gasteiger partial charge in [0.05, 0.1) is 6.07 Å². The SMILES string of the molecule is CC(C#N)S(=O)Cc1ccc(Cl)cc1. The van der Waals surface area contributed by atoms with Crippen LogP contribution in [0.5, 0.6) is 0 Å². The normalized spacial score (nSPS) is 14.4. The quantitative estimate of drug-likeness (QED) is 0.796. The monoisotopic (exact) mass is 227 g/mol. The van der Waals surface area contributed by atoms with Crippen LogP contribution in [0, 0.1) is 11.3 Å². The molecule has 0 aliphatic heterocycles. The third-order valence-corrected chi connectivity index (χ3v) is 3.56. The van der Waals surface area contributed by atoms with E-state index in [0.717, 1.165) is 5.56 Å². The minimum Gasteiger partial charge on any atom is -0.258 e. The topological polar surface area (TPSA) is 40.9 Å². The van der Waals surface area contributed by atoms with Crippen molar-refractivity contribution in [3.8, 4) is 6.07 Å². The van der Waals surface area contributed by atoms with Crippen molar-refractivity contribution in [1.29, 1.82) is 5.26 Å². The van der Waals surface area contributed by atoms with Crippen LogP contribution in [-0.2, 0) is 16.6 Å². The standard InChI is InChI=1S/C10H10ClNOS/c1-8(6-12)14(13)7-9-2-4-10(11)5-3-9/h2-5,8H,7H2,1H3. The Balaban J connectivity index is 2.66. The molecule has 74 valence electrons. The Morgan fingerprint density at radius 2 is 2.07 bits per heavy atom. The van der Waals surface area contributed by atoms with Crippen LogP contribution >= 0.6 is 11.6 Å². The van der Waals surface area contributed by atoms with Gasteiger partial charge in [0.1, 0.15) is 5.25 Å². The van der Waals surface area contributed by atoms with E-state index in [1.165, 1.54) is 0 Å². The first-order valence-electron chi connectivity index (χ1n) is 4.14. The summed E-state index contributed by atoms with van der Waals surface area (Å²) in [5, 5.41) is 8.80. The zero-order chi connectivity index (χ0) is 10.6. The maximum Gasteiger partial charge on any atom is 0.119 e. The largest absolute Gasteiger partial charge is 0.258 e. The fraction of sp³-hybridized carbons (Fsp3) is 0.300. The molecule has 1 aromatic rings. The van der Waals surface area contributed by atoms with Gasteiger partial charge in [0.25, 0.3) is 0 Å². The number of halogens is 1. The van der Waals surface area contributed by atoms with E-state index in [4.69, 9.17) is 16.9 Å². The summed E-state index contributed by atoms with van der Waals surface area (Å²) in [4.78, 5) is 0. The maximum absolute atomic E-state index is 11.5. The van der Waals surface area contributed by atoms with E-state index in [1.807, 2.05) is 18.2 Å². The van der Waals surface area contributed by atoms with Crippen LogP contribution < -0.4 is 0 Å². The Bertz CT molecular complexity index is 369. The number of hydrogen-bond donors (Lipinski definition) is 0. The highest BCUT2D eigenvalue weighted by molar-refractivity contribution is 7.85. The summed E-state index contributed by atoms with van der Waals surface area (Å²) in [5.74, 6) is 0.409. The summed E-state index contributed by atoms with van der Waals surface area (Å²) < 4.78 is 11.5. The zero-order valence-corrected chi connectivity index (χ0v) is 9.31. The Kier molecular flexibility index (Phi) is 4.12. The molecule has 1 aromatic carbocycles. The number of benzene rings is 1. The first-order chi connectivity index (χ1) is 6.63. The lowest BCUT2D eigenvalue weighted by atomic mass is 10.2. The highest BCUT2D eigenvalue weighted by atomic mass is 35.5. The second-order valence-corrected chi connectivity index (χ2v) is 5.12. The molecule has 0 N–H and O–H groups in total. The summed E-state index contributed by atoms with van der Waals surface area (Å²) in [6, 6.07) is 9.13. The second kappa shape index (κ2) is 5.14. The number of nitriles is 1. The maximum atomic E-state index is 11.5. The Labute approximate surface area is 91.0 Å². The molecule has 14 heavy (non-hydrogen) atoms. The minimum absolute atomic E-state index is 0.409. The van der Waals surface area contributed by atoms with Crippen molar-refractivity contribution >= 4 is 22.4 Å². The van der Waals surface area contributed by atoms with E-state index in [9.17, 15) is 4.21 Å². The molecule has 0 amide bonds. The summed E-state index contributed by atoms with van der Waals surface area (Å²) in [7, 11) is -1.13. The molecule has 0 spiro atoms. The highest BCUT2D eigenvalue weighted by Crippen LogP contribution is 2.12. The summed E-state index contributed by atoms with van der Waals surface area (Å²) in [6.07, 6.45) is 0. The van der Waals surface area contributed by atoms with Gasteiger partial charge in [-0.3, -0.25) is 4.21 Å². The second-order valence-electron chi connectivity index (χ2n) is 2.92. The van der Waals surface area contributed by atoms with Crippen molar-refractivity contribution < 1.29 is 4.21 Å². The molecule has 2 nitrogen and oxygen atoms in total. The third kappa shape index (κ3) is 3.13. The molecular formula is C10H10ClNOS. The Morgan fingerprint density at radius 3 is 2.57 bits per heavy atom. The van der Waals surface area contributed by atoms with Gasteiger partial charge in [0, 0.05) is 21.6 Å². The van der Waals surface area contributed by atoms with Gasteiger partial charge in [-0.05, 0) is 24.6 Å². The predicted octanol–water partition coefficient (Wildman–Crippen LogP) is 2.50.